The van der Waals surface area contributed by atoms with Gasteiger partial charge in [0, 0.05) is 23.4 Å². The van der Waals surface area contributed by atoms with E-state index in [2.05, 4.69) is 20.8 Å². The third-order valence-electron chi connectivity index (χ3n) is 3.22. The summed E-state index contributed by atoms with van der Waals surface area (Å²) in [4.78, 5) is 2.37. The van der Waals surface area contributed by atoms with Crippen LogP contribution in [0.4, 0.5) is 4.39 Å². The third-order valence-corrected chi connectivity index (χ3v) is 3.89. The van der Waals surface area contributed by atoms with Gasteiger partial charge in [-0.3, -0.25) is 4.90 Å². The molecule has 1 aliphatic rings. The van der Waals surface area contributed by atoms with E-state index in [1.807, 2.05) is 6.07 Å². The summed E-state index contributed by atoms with van der Waals surface area (Å²) >= 11 is 9.08. The lowest BCUT2D eigenvalue weighted by Gasteiger charge is -2.16. The van der Waals surface area contributed by atoms with Crippen LogP contribution in [-0.4, -0.2) is 23.9 Å². The number of hydrogen-bond donors (Lipinski definition) is 0. The topological polar surface area (TPSA) is 3.24 Å². The van der Waals surface area contributed by atoms with Crippen LogP contribution in [0.2, 0.25) is 0 Å². The van der Waals surface area contributed by atoms with Crippen LogP contribution in [0.5, 0.6) is 0 Å². The zero-order valence-corrected chi connectivity index (χ0v) is 12.0. The monoisotopic (exact) mass is 319 g/mol. The van der Waals surface area contributed by atoms with Crippen molar-refractivity contribution in [3.63, 3.8) is 0 Å². The molecule has 0 N–H and O–H groups in total. The molecule has 1 atom stereocenters. The molecular formula is C13H16BrClFN. The van der Waals surface area contributed by atoms with Crippen molar-refractivity contribution >= 4 is 27.5 Å². The number of benzene rings is 1. The number of likely N-dealkylation sites (tertiary alicyclic amines) is 1. The highest BCUT2D eigenvalue weighted by atomic mass is 79.9. The lowest BCUT2D eigenvalue weighted by atomic mass is 10.1. The Labute approximate surface area is 115 Å². The fraction of sp³-hybridized carbons (Fsp3) is 0.538. The van der Waals surface area contributed by atoms with E-state index in [0.717, 1.165) is 42.0 Å². The Kier molecular flexibility index (Phi) is 4.83. The molecule has 1 aromatic rings. The fourth-order valence-electron chi connectivity index (χ4n) is 2.41. The van der Waals surface area contributed by atoms with Crippen molar-refractivity contribution in [1.82, 2.24) is 4.90 Å². The molecular weight excluding hydrogens is 305 g/mol. The second-order valence-corrected chi connectivity index (χ2v) is 5.94. The Balaban J connectivity index is 1.93. The van der Waals surface area contributed by atoms with Crippen molar-refractivity contribution in [1.29, 1.82) is 0 Å². The number of nitrogens with zero attached hydrogens (tertiary/aromatic N) is 1. The average Bonchev–Trinajstić information content (AvgIpc) is 2.64. The largest absolute Gasteiger partial charge is 0.299 e. The number of halogens is 3. The van der Waals surface area contributed by atoms with Gasteiger partial charge in [-0.1, -0.05) is 15.9 Å². The molecule has 0 saturated carbocycles. The molecule has 0 radical (unpaired) electrons. The average molecular weight is 321 g/mol. The van der Waals surface area contributed by atoms with E-state index in [4.69, 9.17) is 11.6 Å². The smallest absolute Gasteiger partial charge is 0.124 e. The molecule has 0 amide bonds. The van der Waals surface area contributed by atoms with Crippen molar-refractivity contribution < 1.29 is 4.39 Å². The van der Waals surface area contributed by atoms with Crippen molar-refractivity contribution in [2.75, 3.05) is 19.0 Å². The first-order valence-corrected chi connectivity index (χ1v) is 7.23. The fourth-order valence-corrected chi connectivity index (χ4v) is 3.23. The van der Waals surface area contributed by atoms with Crippen molar-refractivity contribution in [3.8, 4) is 0 Å². The molecule has 0 bridgehead atoms. The summed E-state index contributed by atoms with van der Waals surface area (Å²) < 4.78 is 14.0. The SMILES string of the molecule is Fc1cc(Br)cc(CN2CCC(CCCl)C2)c1. The zero-order valence-electron chi connectivity index (χ0n) is 9.63. The van der Waals surface area contributed by atoms with Gasteiger partial charge in [0.25, 0.3) is 0 Å². The Bertz CT molecular complexity index is 365. The van der Waals surface area contributed by atoms with E-state index in [9.17, 15) is 4.39 Å². The lowest BCUT2D eigenvalue weighted by Crippen LogP contribution is -2.20. The van der Waals surface area contributed by atoms with Crippen LogP contribution in [0.25, 0.3) is 0 Å². The quantitative estimate of drug-likeness (QED) is 0.757. The van der Waals surface area contributed by atoms with E-state index in [1.54, 1.807) is 6.07 Å². The molecule has 17 heavy (non-hydrogen) atoms. The Morgan fingerprint density at radius 2 is 2.24 bits per heavy atom. The van der Waals surface area contributed by atoms with Crippen LogP contribution in [0.15, 0.2) is 22.7 Å². The van der Waals surface area contributed by atoms with Gasteiger partial charge in [0.05, 0.1) is 0 Å². The molecule has 1 nitrogen and oxygen atoms in total. The third kappa shape index (κ3) is 3.94. The van der Waals surface area contributed by atoms with Gasteiger partial charge < -0.3 is 0 Å². The van der Waals surface area contributed by atoms with Crippen molar-refractivity contribution in [2.24, 2.45) is 5.92 Å². The highest BCUT2D eigenvalue weighted by Crippen LogP contribution is 2.23. The van der Waals surface area contributed by atoms with E-state index >= 15 is 0 Å². The van der Waals surface area contributed by atoms with Gasteiger partial charge in [-0.2, -0.15) is 0 Å². The van der Waals surface area contributed by atoms with E-state index in [1.165, 1.54) is 12.5 Å². The summed E-state index contributed by atoms with van der Waals surface area (Å²) in [5, 5.41) is 0. The van der Waals surface area contributed by atoms with Gasteiger partial charge in [-0.15, -0.1) is 11.6 Å². The first-order chi connectivity index (χ1) is 8.17. The minimum atomic E-state index is -0.175. The maximum Gasteiger partial charge on any atom is 0.124 e. The summed E-state index contributed by atoms with van der Waals surface area (Å²) in [5.41, 5.74) is 1.03. The normalized spacial score (nSPS) is 21.0. The predicted molar refractivity (Wildman–Crippen MR) is 72.8 cm³/mol. The second kappa shape index (κ2) is 6.17. The summed E-state index contributed by atoms with van der Waals surface area (Å²) in [5.74, 6) is 1.28. The van der Waals surface area contributed by atoms with Crippen LogP contribution in [0.1, 0.15) is 18.4 Å². The molecule has 1 unspecified atom stereocenters. The zero-order chi connectivity index (χ0) is 12.3. The highest BCUT2D eigenvalue weighted by Gasteiger charge is 2.21. The van der Waals surface area contributed by atoms with Crippen LogP contribution in [0.3, 0.4) is 0 Å². The highest BCUT2D eigenvalue weighted by molar-refractivity contribution is 9.10. The summed E-state index contributed by atoms with van der Waals surface area (Å²) in [6, 6.07) is 5.08. The molecule has 0 aliphatic carbocycles. The van der Waals surface area contributed by atoms with Crippen LogP contribution in [0, 0.1) is 11.7 Å². The maximum absolute atomic E-state index is 13.2. The molecule has 1 fully saturated rings. The Morgan fingerprint density at radius 3 is 2.94 bits per heavy atom. The molecule has 1 saturated heterocycles. The van der Waals surface area contributed by atoms with Gasteiger partial charge >= 0.3 is 0 Å². The van der Waals surface area contributed by atoms with E-state index < -0.39 is 0 Å². The standard InChI is InChI=1S/C13H16BrClFN/c14-12-5-11(6-13(16)7-12)9-17-4-2-10(8-17)1-3-15/h5-7,10H,1-4,8-9H2. The molecule has 1 aromatic carbocycles. The number of alkyl halides is 1. The number of hydrogen-bond acceptors (Lipinski definition) is 1. The first kappa shape index (κ1) is 13.3. The molecule has 4 heteroatoms. The van der Waals surface area contributed by atoms with Gasteiger partial charge in [-0.05, 0) is 49.1 Å². The molecule has 2 rings (SSSR count). The maximum atomic E-state index is 13.2. The van der Waals surface area contributed by atoms with Gasteiger partial charge in [0.15, 0.2) is 0 Å². The predicted octanol–water partition coefficient (Wildman–Crippen LogP) is 4.04. The second-order valence-electron chi connectivity index (χ2n) is 4.65. The molecule has 94 valence electrons. The minimum Gasteiger partial charge on any atom is -0.299 e. The van der Waals surface area contributed by atoms with Gasteiger partial charge in [0.1, 0.15) is 5.82 Å². The number of rotatable bonds is 4. The summed E-state index contributed by atoms with van der Waals surface area (Å²) in [6.07, 6.45) is 2.30. The molecule has 0 spiro atoms. The van der Waals surface area contributed by atoms with E-state index in [0.29, 0.717) is 5.92 Å². The van der Waals surface area contributed by atoms with Crippen molar-refractivity contribution in [2.45, 2.75) is 19.4 Å². The summed E-state index contributed by atoms with van der Waals surface area (Å²) in [6.45, 7) is 3.01. The van der Waals surface area contributed by atoms with Gasteiger partial charge in [-0.25, -0.2) is 4.39 Å². The summed E-state index contributed by atoms with van der Waals surface area (Å²) in [7, 11) is 0. The minimum absolute atomic E-state index is 0.175. The van der Waals surface area contributed by atoms with E-state index in [-0.39, 0.29) is 5.82 Å². The van der Waals surface area contributed by atoms with Crippen LogP contribution < -0.4 is 0 Å². The molecule has 1 aliphatic heterocycles. The van der Waals surface area contributed by atoms with Crippen LogP contribution in [-0.2, 0) is 6.54 Å². The molecule has 1 heterocycles. The van der Waals surface area contributed by atoms with Crippen LogP contribution >= 0.6 is 27.5 Å². The molecule has 0 aromatic heterocycles. The van der Waals surface area contributed by atoms with Gasteiger partial charge in [0.2, 0.25) is 0 Å². The lowest BCUT2D eigenvalue weighted by molar-refractivity contribution is 0.315. The first-order valence-electron chi connectivity index (χ1n) is 5.90. The Hall–Kier alpha value is -0.120. The van der Waals surface area contributed by atoms with Crippen molar-refractivity contribution in [3.05, 3.63) is 34.1 Å². The Morgan fingerprint density at radius 1 is 1.41 bits per heavy atom.